The van der Waals surface area contributed by atoms with E-state index in [0.29, 0.717) is 0 Å². The minimum atomic E-state index is 0.267. The molecule has 0 aromatic heterocycles. The van der Waals surface area contributed by atoms with Crippen molar-refractivity contribution in [3.8, 4) is 0 Å². The van der Waals surface area contributed by atoms with Crippen molar-refractivity contribution in [2.45, 2.75) is 15.7 Å². The molecule has 2 aromatic carbocycles. The molecule has 2 aromatic rings. The molecule has 16 heavy (non-hydrogen) atoms. The topological polar surface area (TPSA) is 0 Å². The average Bonchev–Trinajstić information content (AvgIpc) is 2.36. The molecule has 0 saturated heterocycles. The molecule has 0 radical (unpaired) electrons. The van der Waals surface area contributed by atoms with Crippen LogP contribution < -0.4 is 0 Å². The first-order valence-electron chi connectivity index (χ1n) is 5.21. The van der Waals surface area contributed by atoms with Gasteiger partial charge in [-0.25, -0.2) is 0 Å². The fourth-order valence-corrected chi connectivity index (χ4v) is 3.54. The van der Waals surface area contributed by atoms with Gasteiger partial charge in [-0.3, -0.25) is 0 Å². The molecule has 1 aliphatic heterocycles. The fraction of sp³-hybridized carbons (Fsp3) is 0.0714. The normalized spacial score (nSPS) is 14.0. The molecule has 1 aliphatic rings. The van der Waals surface area contributed by atoms with Crippen LogP contribution in [-0.4, -0.2) is 5.37 Å². The van der Waals surface area contributed by atoms with Crippen molar-refractivity contribution in [3.05, 3.63) is 59.7 Å². The zero-order valence-corrected chi connectivity index (χ0v) is 10.2. The summed E-state index contributed by atoms with van der Waals surface area (Å²) < 4.78 is 0. The first kappa shape index (κ1) is 10.1. The first-order valence-corrected chi connectivity index (χ1v) is 6.50. The van der Waals surface area contributed by atoms with Gasteiger partial charge in [0.05, 0.1) is 0 Å². The van der Waals surface area contributed by atoms with Gasteiger partial charge in [-0.05, 0) is 28.6 Å². The van der Waals surface area contributed by atoms with Crippen LogP contribution in [0.2, 0.25) is 0 Å². The quantitative estimate of drug-likeness (QED) is 0.684. The van der Waals surface area contributed by atoms with Gasteiger partial charge in [-0.2, -0.15) is 0 Å². The summed E-state index contributed by atoms with van der Waals surface area (Å²) in [6, 6.07) is 17.0. The van der Waals surface area contributed by atoms with Crippen molar-refractivity contribution < 1.29 is 0 Å². The Morgan fingerprint density at radius 1 is 0.875 bits per heavy atom. The van der Waals surface area contributed by atoms with E-state index in [1.54, 1.807) is 0 Å². The Bertz CT molecular complexity index is 500. The molecule has 78 valence electrons. The van der Waals surface area contributed by atoms with Gasteiger partial charge in [0, 0.05) is 15.7 Å². The molecule has 0 atom stereocenters. The van der Waals surface area contributed by atoms with Crippen LogP contribution in [0.4, 0.5) is 0 Å². The van der Waals surface area contributed by atoms with Crippen LogP contribution in [0.1, 0.15) is 17.0 Å². The van der Waals surface area contributed by atoms with E-state index in [2.05, 4.69) is 48.5 Å². The van der Waals surface area contributed by atoms with E-state index in [-0.39, 0.29) is 5.92 Å². The Balaban J connectivity index is 2.23. The monoisotopic (exact) mass is 242 g/mol. The molecule has 3 rings (SSSR count). The van der Waals surface area contributed by atoms with Gasteiger partial charge in [-0.1, -0.05) is 60.4 Å². The van der Waals surface area contributed by atoms with Gasteiger partial charge >= 0.3 is 0 Å². The molecular weight excluding hydrogens is 232 g/mol. The third kappa shape index (κ3) is 1.49. The SMILES string of the molecule is S=CC1c2ccccc2Sc2ccccc21. The van der Waals surface area contributed by atoms with Gasteiger partial charge < -0.3 is 0 Å². The second kappa shape index (κ2) is 4.04. The average molecular weight is 242 g/mol. The zero-order valence-electron chi connectivity index (χ0n) is 8.59. The van der Waals surface area contributed by atoms with Crippen molar-refractivity contribution in [1.29, 1.82) is 0 Å². The number of fused-ring (bicyclic) bond motifs is 2. The molecule has 0 saturated carbocycles. The van der Waals surface area contributed by atoms with Crippen LogP contribution in [0.25, 0.3) is 0 Å². The van der Waals surface area contributed by atoms with Gasteiger partial charge in [0.2, 0.25) is 0 Å². The van der Waals surface area contributed by atoms with Crippen molar-refractivity contribution in [2.24, 2.45) is 0 Å². The standard InChI is InChI=1S/C14H10S2/c15-9-12-10-5-1-3-7-13(10)16-14-8-4-2-6-11(12)14/h1-9,12H. The number of benzene rings is 2. The summed E-state index contributed by atoms with van der Waals surface area (Å²) in [6.07, 6.45) is 0. The summed E-state index contributed by atoms with van der Waals surface area (Å²) >= 11 is 7.03. The predicted molar refractivity (Wildman–Crippen MR) is 72.5 cm³/mol. The second-order valence-corrected chi connectivity index (χ2v) is 5.15. The summed E-state index contributed by atoms with van der Waals surface area (Å²) in [5.74, 6) is 0.267. The lowest BCUT2D eigenvalue weighted by Gasteiger charge is -2.24. The van der Waals surface area contributed by atoms with E-state index in [1.807, 2.05) is 17.1 Å². The van der Waals surface area contributed by atoms with Gasteiger partial charge in [0.25, 0.3) is 0 Å². The largest absolute Gasteiger partial charge is 0.0924 e. The molecule has 0 aliphatic carbocycles. The van der Waals surface area contributed by atoms with Gasteiger partial charge in [0.15, 0.2) is 0 Å². The highest BCUT2D eigenvalue weighted by Crippen LogP contribution is 2.44. The first-order chi connectivity index (χ1) is 7.90. The van der Waals surface area contributed by atoms with Crippen LogP contribution in [0.3, 0.4) is 0 Å². The van der Waals surface area contributed by atoms with Crippen molar-refractivity contribution in [1.82, 2.24) is 0 Å². The van der Waals surface area contributed by atoms with Crippen LogP contribution in [0.15, 0.2) is 58.3 Å². The Morgan fingerprint density at radius 2 is 1.38 bits per heavy atom. The van der Waals surface area contributed by atoms with Crippen molar-refractivity contribution >= 4 is 29.3 Å². The lowest BCUT2D eigenvalue weighted by molar-refractivity contribution is 1.00. The molecule has 0 fully saturated rings. The molecule has 0 nitrogen and oxygen atoms in total. The maximum Gasteiger partial charge on any atom is 0.0395 e. The highest BCUT2D eigenvalue weighted by molar-refractivity contribution is 7.99. The number of hydrogen-bond acceptors (Lipinski definition) is 2. The minimum Gasteiger partial charge on any atom is -0.0924 e. The third-order valence-corrected chi connectivity index (χ3v) is 4.32. The van der Waals surface area contributed by atoms with Crippen LogP contribution >= 0.6 is 24.0 Å². The van der Waals surface area contributed by atoms with E-state index >= 15 is 0 Å². The smallest absolute Gasteiger partial charge is 0.0395 e. The molecule has 2 heteroatoms. The Hall–Kier alpha value is -1.12. The van der Waals surface area contributed by atoms with E-state index in [0.717, 1.165) is 0 Å². The lowest BCUT2D eigenvalue weighted by Crippen LogP contribution is -2.08. The third-order valence-electron chi connectivity index (χ3n) is 2.86. The number of rotatable bonds is 1. The second-order valence-electron chi connectivity index (χ2n) is 3.79. The van der Waals surface area contributed by atoms with Crippen molar-refractivity contribution in [2.75, 3.05) is 0 Å². The zero-order chi connectivity index (χ0) is 11.0. The highest BCUT2D eigenvalue weighted by Gasteiger charge is 2.23. The Labute approximate surface area is 105 Å². The van der Waals surface area contributed by atoms with E-state index in [1.165, 1.54) is 20.9 Å². The van der Waals surface area contributed by atoms with E-state index in [9.17, 15) is 0 Å². The Morgan fingerprint density at radius 3 is 1.88 bits per heavy atom. The maximum atomic E-state index is 5.19. The number of hydrogen-bond donors (Lipinski definition) is 0. The van der Waals surface area contributed by atoms with Gasteiger partial charge in [-0.15, -0.1) is 0 Å². The predicted octanol–water partition coefficient (Wildman–Crippen LogP) is 4.28. The van der Waals surface area contributed by atoms with Crippen LogP contribution in [-0.2, 0) is 0 Å². The van der Waals surface area contributed by atoms with Crippen LogP contribution in [0.5, 0.6) is 0 Å². The van der Waals surface area contributed by atoms with E-state index < -0.39 is 0 Å². The molecule has 0 amide bonds. The molecule has 0 bridgehead atoms. The summed E-state index contributed by atoms with van der Waals surface area (Å²) in [7, 11) is 0. The van der Waals surface area contributed by atoms with Gasteiger partial charge in [0.1, 0.15) is 0 Å². The number of thiocarbonyl (C=S) groups is 1. The van der Waals surface area contributed by atoms with E-state index in [4.69, 9.17) is 12.2 Å². The molecule has 1 heterocycles. The summed E-state index contributed by atoms with van der Waals surface area (Å²) in [4.78, 5) is 2.65. The van der Waals surface area contributed by atoms with Crippen LogP contribution in [0, 0.1) is 0 Å². The fourth-order valence-electron chi connectivity index (χ4n) is 2.09. The Kier molecular flexibility index (Phi) is 2.54. The summed E-state index contributed by atoms with van der Waals surface area (Å²) in [5, 5.41) is 1.87. The highest BCUT2D eigenvalue weighted by atomic mass is 32.2. The summed E-state index contributed by atoms with van der Waals surface area (Å²) in [5.41, 5.74) is 2.67. The molecular formula is C14H10S2. The lowest BCUT2D eigenvalue weighted by atomic mass is 9.92. The molecule has 0 spiro atoms. The molecule has 0 unspecified atom stereocenters. The maximum absolute atomic E-state index is 5.19. The minimum absolute atomic E-state index is 0.267. The molecule has 0 N–H and O–H groups in total. The summed E-state index contributed by atoms with van der Waals surface area (Å²) in [6.45, 7) is 0. The van der Waals surface area contributed by atoms with Crippen molar-refractivity contribution in [3.63, 3.8) is 0 Å².